The quantitative estimate of drug-likeness (QED) is 0.530. The maximum atomic E-state index is 13.6. The zero-order valence-corrected chi connectivity index (χ0v) is 20.8. The molecule has 2 aliphatic carbocycles. The van der Waals surface area contributed by atoms with Crippen molar-refractivity contribution in [3.8, 4) is 0 Å². The van der Waals surface area contributed by atoms with Gasteiger partial charge < -0.3 is 5.32 Å². The van der Waals surface area contributed by atoms with Crippen molar-refractivity contribution in [1.29, 1.82) is 0 Å². The van der Waals surface area contributed by atoms with E-state index in [9.17, 15) is 34.8 Å². The number of rotatable bonds is 6. The maximum Gasteiger partial charge on any atom is 0.255 e. The molecule has 2 fully saturated rings. The Bertz CT molecular complexity index is 1360. The van der Waals surface area contributed by atoms with E-state index in [-0.39, 0.29) is 39.0 Å². The molecule has 0 spiro atoms. The van der Waals surface area contributed by atoms with E-state index >= 15 is 0 Å². The lowest BCUT2D eigenvalue weighted by molar-refractivity contribution is 0.102. The highest BCUT2D eigenvalue weighted by atomic mass is 35.5. The number of sulfone groups is 1. The van der Waals surface area contributed by atoms with Crippen LogP contribution >= 0.6 is 11.6 Å². The highest BCUT2D eigenvalue weighted by Gasteiger charge is 2.50. The van der Waals surface area contributed by atoms with Gasteiger partial charge >= 0.3 is 0 Å². The summed E-state index contributed by atoms with van der Waals surface area (Å²) in [6.45, 7) is 0. The van der Waals surface area contributed by atoms with E-state index in [0.717, 1.165) is 12.3 Å². The number of benzene rings is 2. The summed E-state index contributed by atoms with van der Waals surface area (Å²) >= 11 is 6.21. The highest BCUT2D eigenvalue weighted by molar-refractivity contribution is 7.92. The molecule has 2 bridgehead atoms. The third kappa shape index (κ3) is 5.35. The second kappa shape index (κ2) is 9.38. The van der Waals surface area contributed by atoms with Crippen molar-refractivity contribution in [2.24, 2.45) is 11.8 Å². The van der Waals surface area contributed by atoms with Crippen LogP contribution < -0.4 is 10.0 Å². The van der Waals surface area contributed by atoms with Gasteiger partial charge in [0.2, 0.25) is 10.0 Å². The Morgan fingerprint density at radius 3 is 2.09 bits per heavy atom. The van der Waals surface area contributed by atoms with Crippen LogP contribution in [-0.4, -0.2) is 40.3 Å². The van der Waals surface area contributed by atoms with Gasteiger partial charge in [-0.25, -0.2) is 34.7 Å². The molecule has 0 aromatic heterocycles. The van der Waals surface area contributed by atoms with Crippen molar-refractivity contribution < 1.29 is 34.8 Å². The lowest BCUT2D eigenvalue weighted by Gasteiger charge is -2.35. The smallest absolute Gasteiger partial charge is 0.255 e. The summed E-state index contributed by atoms with van der Waals surface area (Å²) in [6, 6.07) is 4.46. The van der Waals surface area contributed by atoms with Gasteiger partial charge in [-0.1, -0.05) is 11.6 Å². The van der Waals surface area contributed by atoms with E-state index in [1.165, 1.54) is 12.1 Å². The first-order valence-electron chi connectivity index (χ1n) is 10.7. The molecule has 2 aliphatic rings. The molecular formula is C22H22ClF3N2O5S2. The zero-order chi connectivity index (χ0) is 25.7. The number of hydrogen-bond acceptors (Lipinski definition) is 5. The fourth-order valence-electron chi connectivity index (χ4n) is 5.22. The molecule has 2 aromatic rings. The number of nitrogens with one attached hydrogen (secondary N) is 2. The molecule has 2 aromatic carbocycles. The summed E-state index contributed by atoms with van der Waals surface area (Å²) in [7, 11) is -7.44. The minimum absolute atomic E-state index is 0.0868. The standard InChI is InChI=1S/C22H22ClF3N2O5S2/c1-34(30,31)28-15-6-11-2-3-12(7-15)21(11)35(32,33)19-8-13(4-5-16(19)23)22(29)27-14-9-17(24)20(26)18(25)10-14/h4-5,8-12,15,21,28H,2-3,6-7H2,1H3,(H,27,29)/t11?,12?,15-,21+. The number of anilines is 1. The number of fused-ring (bicyclic) bond motifs is 2. The van der Waals surface area contributed by atoms with Crippen molar-refractivity contribution >= 4 is 43.1 Å². The van der Waals surface area contributed by atoms with Crippen LogP contribution in [0, 0.1) is 29.3 Å². The molecule has 4 rings (SSSR count). The van der Waals surface area contributed by atoms with Crippen molar-refractivity contribution in [2.75, 3.05) is 11.6 Å². The molecule has 0 aliphatic heterocycles. The molecule has 2 unspecified atom stereocenters. The van der Waals surface area contributed by atoms with Crippen LogP contribution in [-0.2, 0) is 19.9 Å². The van der Waals surface area contributed by atoms with Crippen LogP contribution in [0.25, 0.3) is 0 Å². The number of carbonyl (C=O) groups excluding carboxylic acids is 1. The summed E-state index contributed by atoms with van der Waals surface area (Å²) in [5.41, 5.74) is -0.474. The van der Waals surface area contributed by atoms with Gasteiger partial charge in [-0.3, -0.25) is 4.79 Å². The lowest BCUT2D eigenvalue weighted by atomic mass is 9.85. The summed E-state index contributed by atoms with van der Waals surface area (Å²) < 4.78 is 93.2. The number of amides is 1. The van der Waals surface area contributed by atoms with Gasteiger partial charge in [0.05, 0.1) is 21.4 Å². The average Bonchev–Trinajstić information content (AvgIpc) is 3.03. The maximum absolute atomic E-state index is 13.6. The molecular weight excluding hydrogens is 529 g/mol. The van der Waals surface area contributed by atoms with Gasteiger partial charge in [-0.2, -0.15) is 0 Å². The average molecular weight is 551 g/mol. The Morgan fingerprint density at radius 1 is 0.971 bits per heavy atom. The molecule has 0 radical (unpaired) electrons. The highest BCUT2D eigenvalue weighted by Crippen LogP contribution is 2.48. The van der Waals surface area contributed by atoms with Gasteiger partial charge in [0, 0.05) is 29.4 Å². The van der Waals surface area contributed by atoms with Gasteiger partial charge in [-0.15, -0.1) is 0 Å². The molecule has 2 saturated carbocycles. The predicted octanol–water partition coefficient (Wildman–Crippen LogP) is 3.89. The van der Waals surface area contributed by atoms with Crippen molar-refractivity contribution in [3.63, 3.8) is 0 Å². The van der Waals surface area contributed by atoms with Crippen LogP contribution in [0.2, 0.25) is 5.02 Å². The molecule has 7 nitrogen and oxygen atoms in total. The fraction of sp³-hybridized carbons (Fsp3) is 0.409. The van der Waals surface area contributed by atoms with Gasteiger partial charge in [0.25, 0.3) is 5.91 Å². The van der Waals surface area contributed by atoms with Gasteiger partial charge in [0.1, 0.15) is 0 Å². The Morgan fingerprint density at radius 2 is 1.54 bits per heavy atom. The first-order chi connectivity index (χ1) is 16.3. The second-order valence-electron chi connectivity index (χ2n) is 9.02. The molecule has 2 atom stereocenters. The first kappa shape index (κ1) is 25.9. The number of halogens is 4. The van der Waals surface area contributed by atoms with Crippen LogP contribution in [0.15, 0.2) is 35.2 Å². The number of carbonyl (C=O) groups is 1. The third-order valence-electron chi connectivity index (χ3n) is 6.49. The van der Waals surface area contributed by atoms with Crippen LogP contribution in [0.5, 0.6) is 0 Å². The van der Waals surface area contributed by atoms with E-state index in [2.05, 4.69) is 10.0 Å². The minimum atomic E-state index is -4.00. The Hall–Kier alpha value is -2.15. The molecule has 190 valence electrons. The van der Waals surface area contributed by atoms with E-state index in [4.69, 9.17) is 11.6 Å². The van der Waals surface area contributed by atoms with Crippen molar-refractivity contribution in [3.05, 3.63) is 58.4 Å². The lowest BCUT2D eigenvalue weighted by Crippen LogP contribution is -2.45. The summed E-state index contributed by atoms with van der Waals surface area (Å²) in [5.74, 6) is -6.09. The Kier molecular flexibility index (Phi) is 6.95. The van der Waals surface area contributed by atoms with E-state index in [1.807, 2.05) is 0 Å². The van der Waals surface area contributed by atoms with E-state index in [1.54, 1.807) is 0 Å². The summed E-state index contributed by atoms with van der Waals surface area (Å²) in [6.07, 6.45) is 3.04. The Labute approximate surface area is 206 Å². The van der Waals surface area contributed by atoms with Crippen molar-refractivity contribution in [1.82, 2.24) is 4.72 Å². The number of sulfonamides is 1. The molecule has 1 amide bonds. The second-order valence-corrected chi connectivity index (χ2v) is 13.3. The summed E-state index contributed by atoms with van der Waals surface area (Å²) in [4.78, 5) is 12.4. The SMILES string of the molecule is CS(=O)(=O)N[C@H]1CC2CCC(C1)[C@@H]2S(=O)(=O)c1cc(C(=O)Nc2cc(F)c(F)c(F)c2)ccc1Cl. The third-order valence-corrected chi connectivity index (χ3v) is 10.1. The summed E-state index contributed by atoms with van der Waals surface area (Å²) in [5, 5.41) is 1.35. The largest absolute Gasteiger partial charge is 0.322 e. The zero-order valence-electron chi connectivity index (χ0n) is 18.4. The van der Waals surface area contributed by atoms with E-state index in [0.29, 0.717) is 37.8 Å². The van der Waals surface area contributed by atoms with Crippen LogP contribution in [0.1, 0.15) is 36.0 Å². The van der Waals surface area contributed by atoms with Gasteiger partial charge in [-0.05, 0) is 55.7 Å². The molecule has 2 N–H and O–H groups in total. The molecule has 35 heavy (non-hydrogen) atoms. The predicted molar refractivity (Wildman–Crippen MR) is 124 cm³/mol. The van der Waals surface area contributed by atoms with Crippen molar-refractivity contribution in [2.45, 2.75) is 41.9 Å². The first-order valence-corrected chi connectivity index (χ1v) is 14.5. The minimum Gasteiger partial charge on any atom is -0.322 e. The molecule has 0 saturated heterocycles. The number of hydrogen-bond donors (Lipinski definition) is 2. The molecule has 13 heteroatoms. The van der Waals surface area contributed by atoms with Crippen LogP contribution in [0.4, 0.5) is 18.9 Å². The van der Waals surface area contributed by atoms with Crippen LogP contribution in [0.3, 0.4) is 0 Å². The van der Waals surface area contributed by atoms with E-state index < -0.39 is 48.5 Å². The topological polar surface area (TPSA) is 109 Å². The normalized spacial score (nSPS) is 24.4. The Balaban J connectivity index is 1.59. The monoisotopic (exact) mass is 550 g/mol. The van der Waals surface area contributed by atoms with Gasteiger partial charge in [0.15, 0.2) is 27.3 Å². The molecule has 0 heterocycles. The fourth-order valence-corrected chi connectivity index (χ4v) is 8.89.